The van der Waals surface area contributed by atoms with Crippen LogP contribution in [0, 0.1) is 0 Å². The summed E-state index contributed by atoms with van der Waals surface area (Å²) in [6.45, 7) is 0.198. The van der Waals surface area contributed by atoms with Gasteiger partial charge in [-0.05, 0) is 64.3 Å². The van der Waals surface area contributed by atoms with Crippen molar-refractivity contribution in [1.29, 1.82) is 0 Å². The number of benzene rings is 2. The van der Waals surface area contributed by atoms with Crippen LogP contribution in [-0.2, 0) is 16.6 Å². The van der Waals surface area contributed by atoms with E-state index in [4.69, 9.17) is 0 Å². The second kappa shape index (κ2) is 8.53. The van der Waals surface area contributed by atoms with Gasteiger partial charge in [-0.2, -0.15) is 0 Å². The predicted molar refractivity (Wildman–Crippen MR) is 112 cm³/mol. The molecule has 0 aliphatic heterocycles. The van der Waals surface area contributed by atoms with E-state index in [9.17, 15) is 13.2 Å². The number of thiophene rings is 1. The van der Waals surface area contributed by atoms with Crippen LogP contribution in [0.15, 0.2) is 77.3 Å². The molecule has 11 heteroatoms. The quantitative estimate of drug-likeness (QED) is 0.456. The molecule has 2 aromatic carbocycles. The van der Waals surface area contributed by atoms with Gasteiger partial charge in [0.05, 0.1) is 10.6 Å². The molecule has 1 amide bonds. The fourth-order valence-electron chi connectivity index (χ4n) is 2.65. The maximum absolute atomic E-state index is 12.6. The van der Waals surface area contributed by atoms with Crippen molar-refractivity contribution in [2.24, 2.45) is 0 Å². The minimum absolute atomic E-state index is 0.0285. The van der Waals surface area contributed by atoms with Crippen molar-refractivity contribution in [3.63, 3.8) is 0 Å². The second-order valence-electron chi connectivity index (χ2n) is 6.19. The largest absolute Gasteiger partial charge is 0.322 e. The number of sulfonamides is 1. The van der Waals surface area contributed by atoms with Gasteiger partial charge >= 0.3 is 0 Å². The van der Waals surface area contributed by atoms with Gasteiger partial charge in [-0.3, -0.25) is 4.79 Å². The second-order valence-corrected chi connectivity index (χ2v) is 8.99. The number of tetrazole rings is 1. The van der Waals surface area contributed by atoms with Crippen molar-refractivity contribution < 1.29 is 13.2 Å². The van der Waals surface area contributed by atoms with Crippen LogP contribution in [-0.4, -0.2) is 34.5 Å². The van der Waals surface area contributed by atoms with E-state index in [0.29, 0.717) is 5.69 Å². The maximum Gasteiger partial charge on any atom is 0.255 e. The highest BCUT2D eigenvalue weighted by atomic mass is 32.2. The number of carbonyl (C=O) groups excluding carboxylic acids is 1. The van der Waals surface area contributed by atoms with E-state index in [-0.39, 0.29) is 17.0 Å². The van der Waals surface area contributed by atoms with Gasteiger partial charge in [-0.1, -0.05) is 12.1 Å². The van der Waals surface area contributed by atoms with E-state index in [0.717, 1.165) is 10.6 Å². The molecule has 0 spiro atoms. The number of amides is 1. The standard InChI is InChI=1S/C19H16N6O3S2/c26-19(22-15-6-8-16(9-7-15)25-13-20-23-24-25)14-3-1-5-18(11-14)30(27,28)21-12-17-4-2-10-29-17/h1-11,13,21H,12H2,(H,22,26). The highest BCUT2D eigenvalue weighted by Gasteiger charge is 2.16. The summed E-state index contributed by atoms with van der Waals surface area (Å²) in [5.74, 6) is -0.416. The number of aromatic nitrogens is 4. The zero-order valence-electron chi connectivity index (χ0n) is 15.5. The molecule has 2 aromatic heterocycles. The number of nitrogens with zero attached hydrogens (tertiary/aromatic N) is 4. The molecule has 0 bridgehead atoms. The average molecular weight is 441 g/mol. The van der Waals surface area contributed by atoms with Gasteiger partial charge < -0.3 is 5.32 Å². The molecular formula is C19H16N6O3S2. The molecule has 4 rings (SSSR count). The third kappa shape index (κ3) is 4.59. The molecule has 2 heterocycles. The first kappa shape index (κ1) is 19.9. The predicted octanol–water partition coefficient (Wildman–Crippen LogP) is 2.45. The molecule has 0 aliphatic rings. The van der Waals surface area contributed by atoms with Gasteiger partial charge in [0.15, 0.2) is 0 Å². The van der Waals surface area contributed by atoms with Crippen LogP contribution in [0.4, 0.5) is 5.69 Å². The Kier molecular flexibility index (Phi) is 5.65. The van der Waals surface area contributed by atoms with E-state index >= 15 is 0 Å². The van der Waals surface area contributed by atoms with Gasteiger partial charge in [0.2, 0.25) is 10.0 Å². The molecule has 0 aliphatic carbocycles. The van der Waals surface area contributed by atoms with Crippen LogP contribution >= 0.6 is 11.3 Å². The van der Waals surface area contributed by atoms with E-state index in [1.54, 1.807) is 30.3 Å². The number of hydrogen-bond donors (Lipinski definition) is 2. The molecule has 0 radical (unpaired) electrons. The SMILES string of the molecule is O=C(Nc1ccc(-n2cnnn2)cc1)c1cccc(S(=O)(=O)NCc2cccs2)c1. The minimum Gasteiger partial charge on any atom is -0.322 e. The van der Waals surface area contributed by atoms with Crippen LogP contribution in [0.2, 0.25) is 0 Å². The van der Waals surface area contributed by atoms with Crippen molar-refractivity contribution >= 4 is 33.0 Å². The summed E-state index contributed by atoms with van der Waals surface area (Å²) in [7, 11) is -3.74. The van der Waals surface area contributed by atoms with Crippen molar-refractivity contribution in [1.82, 2.24) is 24.9 Å². The number of nitrogens with one attached hydrogen (secondary N) is 2. The van der Waals surface area contributed by atoms with Crippen LogP contribution in [0.1, 0.15) is 15.2 Å². The molecule has 30 heavy (non-hydrogen) atoms. The lowest BCUT2D eigenvalue weighted by Crippen LogP contribution is -2.23. The Balaban J connectivity index is 1.45. The summed E-state index contributed by atoms with van der Waals surface area (Å²) in [6.07, 6.45) is 1.46. The molecule has 9 nitrogen and oxygen atoms in total. The fourth-order valence-corrected chi connectivity index (χ4v) is 4.44. The summed E-state index contributed by atoms with van der Waals surface area (Å²) < 4.78 is 29.1. The summed E-state index contributed by atoms with van der Waals surface area (Å²) in [5.41, 5.74) is 1.53. The lowest BCUT2D eigenvalue weighted by molar-refractivity contribution is 0.102. The lowest BCUT2D eigenvalue weighted by Gasteiger charge is -2.09. The lowest BCUT2D eigenvalue weighted by atomic mass is 10.2. The number of rotatable bonds is 7. The first-order chi connectivity index (χ1) is 14.5. The summed E-state index contributed by atoms with van der Waals surface area (Å²) in [5, 5.41) is 15.6. The molecule has 0 atom stereocenters. The number of carbonyl (C=O) groups is 1. The van der Waals surface area contributed by atoms with E-state index < -0.39 is 15.9 Å². The molecule has 0 fully saturated rings. The molecule has 0 unspecified atom stereocenters. The topological polar surface area (TPSA) is 119 Å². The first-order valence-corrected chi connectivity index (χ1v) is 11.1. The molecular weight excluding hydrogens is 424 g/mol. The Morgan fingerprint density at radius 1 is 1.07 bits per heavy atom. The van der Waals surface area contributed by atoms with Crippen LogP contribution in [0.25, 0.3) is 5.69 Å². The third-order valence-electron chi connectivity index (χ3n) is 4.16. The Labute approximate surface area is 176 Å². The van der Waals surface area contributed by atoms with E-state index in [1.807, 2.05) is 17.5 Å². The Morgan fingerprint density at radius 2 is 1.90 bits per heavy atom. The average Bonchev–Trinajstić information content (AvgIpc) is 3.47. The normalized spacial score (nSPS) is 11.3. The van der Waals surface area contributed by atoms with E-state index in [1.165, 1.54) is 40.5 Å². The highest BCUT2D eigenvalue weighted by molar-refractivity contribution is 7.89. The zero-order valence-corrected chi connectivity index (χ0v) is 17.1. The minimum atomic E-state index is -3.74. The van der Waals surface area contributed by atoms with Crippen LogP contribution in [0.3, 0.4) is 0 Å². The Hall–Kier alpha value is -3.41. The van der Waals surface area contributed by atoms with Gasteiger partial charge in [0.1, 0.15) is 6.33 Å². The summed E-state index contributed by atoms with van der Waals surface area (Å²) >= 11 is 1.46. The maximum atomic E-state index is 12.6. The van der Waals surface area contributed by atoms with Crippen molar-refractivity contribution in [2.45, 2.75) is 11.4 Å². The number of hydrogen-bond acceptors (Lipinski definition) is 7. The van der Waals surface area contributed by atoms with Crippen molar-refractivity contribution in [3.05, 3.63) is 82.8 Å². The van der Waals surface area contributed by atoms with Gasteiger partial charge in [-0.25, -0.2) is 17.8 Å². The molecule has 2 N–H and O–H groups in total. The third-order valence-corrected chi connectivity index (χ3v) is 6.44. The summed E-state index contributed by atoms with van der Waals surface area (Å²) in [4.78, 5) is 13.5. The highest BCUT2D eigenvalue weighted by Crippen LogP contribution is 2.17. The fraction of sp³-hybridized carbons (Fsp3) is 0.0526. The van der Waals surface area contributed by atoms with Gasteiger partial charge in [0.25, 0.3) is 5.91 Å². The summed E-state index contributed by atoms with van der Waals surface area (Å²) in [6, 6.07) is 16.5. The van der Waals surface area contributed by atoms with Crippen molar-refractivity contribution in [2.75, 3.05) is 5.32 Å². The van der Waals surface area contributed by atoms with Crippen LogP contribution in [0.5, 0.6) is 0 Å². The van der Waals surface area contributed by atoms with Gasteiger partial charge in [-0.15, -0.1) is 16.4 Å². The molecule has 152 valence electrons. The smallest absolute Gasteiger partial charge is 0.255 e. The molecule has 4 aromatic rings. The zero-order chi connectivity index (χ0) is 21.0. The monoisotopic (exact) mass is 440 g/mol. The Morgan fingerprint density at radius 3 is 2.60 bits per heavy atom. The first-order valence-electron chi connectivity index (χ1n) is 8.78. The number of anilines is 1. The van der Waals surface area contributed by atoms with Gasteiger partial charge in [0, 0.05) is 22.7 Å². The Bertz CT molecular complexity index is 1240. The van der Waals surface area contributed by atoms with E-state index in [2.05, 4.69) is 25.6 Å². The van der Waals surface area contributed by atoms with Crippen molar-refractivity contribution in [3.8, 4) is 5.69 Å². The van der Waals surface area contributed by atoms with Crippen LogP contribution < -0.4 is 10.0 Å². The molecule has 0 saturated carbocycles. The molecule has 0 saturated heterocycles.